The van der Waals surface area contributed by atoms with Gasteiger partial charge in [0, 0.05) is 11.4 Å². The van der Waals surface area contributed by atoms with Crippen molar-refractivity contribution >= 4 is 29.3 Å². The first-order chi connectivity index (χ1) is 18.5. The molecule has 0 spiro atoms. The molecule has 8 nitrogen and oxygen atoms in total. The van der Waals surface area contributed by atoms with E-state index >= 15 is 0 Å². The van der Waals surface area contributed by atoms with Gasteiger partial charge < -0.3 is 25.2 Å². The minimum atomic E-state index is -4.56. The number of benzene rings is 2. The van der Waals surface area contributed by atoms with E-state index in [4.69, 9.17) is 9.47 Å². The Hall–Kier alpha value is -4.37. The number of thioether (sulfide) groups is 1. The molecule has 1 unspecified atom stereocenters. The van der Waals surface area contributed by atoms with Crippen molar-refractivity contribution in [1.82, 2.24) is 5.32 Å². The van der Waals surface area contributed by atoms with Crippen LogP contribution >= 0.6 is 11.8 Å². The van der Waals surface area contributed by atoms with Crippen LogP contribution < -0.4 is 15.4 Å². The molecular weight excluding hydrogens is 535 g/mol. The number of rotatable bonds is 9. The summed E-state index contributed by atoms with van der Waals surface area (Å²) in [6.07, 6.45) is -3.16. The van der Waals surface area contributed by atoms with Gasteiger partial charge in [0.15, 0.2) is 11.5 Å². The number of carbonyl (C=O) groups is 2. The van der Waals surface area contributed by atoms with Gasteiger partial charge in [-0.1, -0.05) is 36.5 Å². The van der Waals surface area contributed by atoms with Crippen molar-refractivity contribution in [3.05, 3.63) is 88.1 Å². The molecule has 1 aliphatic rings. The third-order valence-electron chi connectivity index (χ3n) is 5.56. The lowest BCUT2D eigenvalue weighted by molar-refractivity contribution is -0.138. The number of aromatic hydroxyl groups is 1. The van der Waals surface area contributed by atoms with Gasteiger partial charge in [-0.15, -0.1) is 0 Å². The number of dihydropyridines is 1. The van der Waals surface area contributed by atoms with Crippen LogP contribution in [-0.2, 0) is 20.5 Å². The average molecular weight is 560 g/mol. The van der Waals surface area contributed by atoms with Crippen molar-refractivity contribution in [3.63, 3.8) is 0 Å². The van der Waals surface area contributed by atoms with E-state index in [2.05, 4.69) is 23.3 Å². The highest BCUT2D eigenvalue weighted by molar-refractivity contribution is 8.03. The average Bonchev–Trinajstić information content (AvgIpc) is 2.90. The maximum atomic E-state index is 13.0. The number of nitrogens with one attached hydrogen (secondary N) is 2. The molecule has 0 radical (unpaired) electrons. The van der Waals surface area contributed by atoms with Crippen LogP contribution in [-0.4, -0.2) is 36.5 Å². The van der Waals surface area contributed by atoms with Crippen LogP contribution in [0.4, 0.5) is 18.9 Å². The Morgan fingerprint density at radius 3 is 2.67 bits per heavy atom. The number of phenols is 1. The maximum Gasteiger partial charge on any atom is 0.416 e. The molecule has 39 heavy (non-hydrogen) atoms. The summed E-state index contributed by atoms with van der Waals surface area (Å²) in [6.45, 7) is 5.06. The second-order valence-electron chi connectivity index (χ2n) is 8.19. The van der Waals surface area contributed by atoms with Crippen molar-refractivity contribution in [2.24, 2.45) is 0 Å². The standard InChI is InChI=1S/C27H24F3N3O5S/c1-4-10-38-26(36)23-15(2)32-25(19(13-31)24(23)16-8-9-20(34)21(11-16)37-3)39-14-22(35)33-18-7-5-6-17(12-18)27(28,29)30/h4-9,11-12,24,32,34H,1,10,14H2,2-3H3,(H,33,35). The molecule has 3 rings (SSSR count). The molecular formula is C27H24F3N3O5S. The van der Waals surface area contributed by atoms with Crippen molar-refractivity contribution in [2.45, 2.75) is 19.0 Å². The lowest BCUT2D eigenvalue weighted by Crippen LogP contribution is -2.29. The normalized spacial score (nSPS) is 15.2. The Bertz CT molecular complexity index is 1400. The predicted molar refractivity (Wildman–Crippen MR) is 140 cm³/mol. The van der Waals surface area contributed by atoms with Gasteiger partial charge in [0.05, 0.1) is 46.6 Å². The summed E-state index contributed by atoms with van der Waals surface area (Å²) in [4.78, 5) is 25.5. The molecule has 1 heterocycles. The Balaban J connectivity index is 1.92. The van der Waals surface area contributed by atoms with Crippen LogP contribution in [0, 0.1) is 11.3 Å². The first kappa shape index (κ1) is 29.2. The number of phenolic OH excluding ortho intramolecular Hbond substituents is 1. The van der Waals surface area contributed by atoms with Gasteiger partial charge in [-0.2, -0.15) is 18.4 Å². The summed E-state index contributed by atoms with van der Waals surface area (Å²) < 4.78 is 49.4. The highest BCUT2D eigenvalue weighted by Crippen LogP contribution is 2.43. The van der Waals surface area contributed by atoms with E-state index in [1.165, 1.54) is 43.5 Å². The number of allylic oxidation sites excluding steroid dienone is 2. The summed E-state index contributed by atoms with van der Waals surface area (Å²) in [5, 5.41) is 25.8. The van der Waals surface area contributed by atoms with Crippen LogP contribution in [0.25, 0.3) is 0 Å². The third-order valence-corrected chi connectivity index (χ3v) is 6.58. The van der Waals surface area contributed by atoms with Crippen LogP contribution in [0.1, 0.15) is 24.0 Å². The summed E-state index contributed by atoms with van der Waals surface area (Å²) in [6, 6.07) is 10.7. The molecule has 3 N–H and O–H groups in total. The molecule has 0 fully saturated rings. The van der Waals surface area contributed by atoms with Gasteiger partial charge in [0.25, 0.3) is 0 Å². The van der Waals surface area contributed by atoms with E-state index in [9.17, 15) is 33.1 Å². The Labute approximate surface area is 226 Å². The summed E-state index contributed by atoms with van der Waals surface area (Å²) in [7, 11) is 1.35. The second-order valence-corrected chi connectivity index (χ2v) is 9.17. The van der Waals surface area contributed by atoms with Gasteiger partial charge in [-0.25, -0.2) is 4.79 Å². The number of hydrogen-bond donors (Lipinski definition) is 3. The van der Waals surface area contributed by atoms with E-state index in [1.807, 2.05) is 0 Å². The van der Waals surface area contributed by atoms with Crippen LogP contribution in [0.3, 0.4) is 0 Å². The molecule has 1 amide bonds. The van der Waals surface area contributed by atoms with E-state index in [0.29, 0.717) is 11.3 Å². The van der Waals surface area contributed by atoms with Crippen LogP contribution in [0.15, 0.2) is 77.0 Å². The fraction of sp³-hybridized carbons (Fsp3) is 0.222. The van der Waals surface area contributed by atoms with E-state index < -0.39 is 29.5 Å². The Kier molecular flexibility index (Phi) is 9.32. The monoisotopic (exact) mass is 559 g/mol. The molecule has 2 aromatic carbocycles. The van der Waals surface area contributed by atoms with Gasteiger partial charge in [0.2, 0.25) is 5.91 Å². The molecule has 0 aliphatic carbocycles. The smallest absolute Gasteiger partial charge is 0.416 e. The first-order valence-corrected chi connectivity index (χ1v) is 12.4. The third kappa shape index (κ3) is 6.94. The summed E-state index contributed by atoms with van der Waals surface area (Å²) >= 11 is 0.943. The molecule has 1 aliphatic heterocycles. The maximum absolute atomic E-state index is 13.0. The fourth-order valence-electron chi connectivity index (χ4n) is 3.82. The number of alkyl halides is 3. The first-order valence-electron chi connectivity index (χ1n) is 11.4. The van der Waals surface area contributed by atoms with Crippen LogP contribution in [0.2, 0.25) is 0 Å². The van der Waals surface area contributed by atoms with E-state index in [1.54, 1.807) is 6.92 Å². The highest BCUT2D eigenvalue weighted by Gasteiger charge is 2.36. The second kappa shape index (κ2) is 12.4. The highest BCUT2D eigenvalue weighted by atomic mass is 32.2. The zero-order valence-electron chi connectivity index (χ0n) is 20.9. The number of methoxy groups -OCH3 is 1. The molecule has 0 saturated heterocycles. The SMILES string of the molecule is C=CCOC(=O)C1=C(C)NC(SCC(=O)Nc2cccc(C(F)(F)F)c2)=C(C#N)C1c1ccc(O)c(OC)c1. The number of halogens is 3. The molecule has 2 aromatic rings. The summed E-state index contributed by atoms with van der Waals surface area (Å²) in [5.74, 6) is -2.51. The van der Waals surface area contributed by atoms with E-state index in [-0.39, 0.29) is 45.7 Å². The lowest BCUT2D eigenvalue weighted by Gasteiger charge is -2.29. The largest absolute Gasteiger partial charge is 0.504 e. The quantitative estimate of drug-likeness (QED) is 0.283. The van der Waals surface area contributed by atoms with Crippen molar-refractivity contribution < 1.29 is 37.3 Å². The number of esters is 1. The molecule has 0 aromatic heterocycles. The fourth-order valence-corrected chi connectivity index (χ4v) is 4.72. The van der Waals surface area contributed by atoms with Gasteiger partial charge in [0.1, 0.15) is 6.61 Å². The lowest BCUT2D eigenvalue weighted by atomic mass is 9.82. The number of hydrogen-bond acceptors (Lipinski definition) is 8. The minimum absolute atomic E-state index is 0.0288. The van der Waals surface area contributed by atoms with Gasteiger partial charge in [-0.05, 0) is 42.8 Å². The molecule has 0 bridgehead atoms. The van der Waals surface area contributed by atoms with Crippen molar-refractivity contribution in [1.29, 1.82) is 5.26 Å². The number of anilines is 1. The molecule has 1 atom stereocenters. The number of ether oxygens (including phenoxy) is 2. The number of carbonyl (C=O) groups excluding carboxylic acids is 2. The Morgan fingerprint density at radius 2 is 2.03 bits per heavy atom. The molecule has 0 saturated carbocycles. The Morgan fingerprint density at radius 1 is 1.28 bits per heavy atom. The van der Waals surface area contributed by atoms with Gasteiger partial charge >= 0.3 is 12.1 Å². The zero-order chi connectivity index (χ0) is 28.7. The molecule has 12 heteroatoms. The van der Waals surface area contributed by atoms with Crippen molar-refractivity contribution in [2.75, 3.05) is 24.8 Å². The predicted octanol–water partition coefficient (Wildman–Crippen LogP) is 5.22. The zero-order valence-corrected chi connectivity index (χ0v) is 21.7. The van der Waals surface area contributed by atoms with Crippen LogP contribution in [0.5, 0.6) is 11.5 Å². The topological polar surface area (TPSA) is 121 Å². The van der Waals surface area contributed by atoms with E-state index in [0.717, 1.165) is 23.9 Å². The minimum Gasteiger partial charge on any atom is -0.504 e. The molecule has 204 valence electrons. The van der Waals surface area contributed by atoms with Crippen molar-refractivity contribution in [3.8, 4) is 17.6 Å². The number of amides is 1. The number of nitriles is 1. The van der Waals surface area contributed by atoms with Gasteiger partial charge in [-0.3, -0.25) is 4.79 Å². The number of nitrogens with zero attached hydrogens (tertiary/aromatic N) is 1. The summed E-state index contributed by atoms with van der Waals surface area (Å²) in [5.41, 5.74) is 0.105.